The summed E-state index contributed by atoms with van der Waals surface area (Å²) in [4.78, 5) is 10.4. The third-order valence-corrected chi connectivity index (χ3v) is 1.57. The summed E-state index contributed by atoms with van der Waals surface area (Å²) in [5.74, 6) is -0.406. The Hall–Kier alpha value is 0.300. The molecule has 58 valence electrons. The molecule has 1 saturated heterocycles. The molecule has 1 aliphatic heterocycles. The molecule has 6 heteroatoms. The Bertz CT molecular complexity index is 155. The minimum absolute atomic E-state index is 0.0958. The number of alkyl halides is 3. The molecule has 10 heavy (non-hydrogen) atoms. The van der Waals surface area contributed by atoms with Gasteiger partial charge in [0.25, 0.3) is 0 Å². The topological polar surface area (TPSA) is 38.3 Å². The number of hydrogen-bond donors (Lipinski definition) is 1. The van der Waals surface area contributed by atoms with Crippen LogP contribution in [0.25, 0.3) is 0 Å². The molecule has 1 aliphatic rings. The Labute approximate surface area is 72.6 Å². The summed E-state index contributed by atoms with van der Waals surface area (Å²) >= 11 is 16.2. The van der Waals surface area contributed by atoms with Gasteiger partial charge in [0.15, 0.2) is 0 Å². The molecule has 0 amide bonds. The van der Waals surface area contributed by atoms with Crippen LogP contribution in [0.4, 0.5) is 0 Å². The third-order valence-electron chi connectivity index (χ3n) is 0.978. The Kier molecular flexibility index (Phi) is 2.30. The zero-order valence-corrected chi connectivity index (χ0v) is 7.00. The van der Waals surface area contributed by atoms with Crippen molar-refractivity contribution >= 4 is 40.8 Å². The Morgan fingerprint density at radius 1 is 1.60 bits per heavy atom. The van der Waals surface area contributed by atoms with E-state index in [-0.39, 0.29) is 6.54 Å². The second-order valence-corrected chi connectivity index (χ2v) is 4.16. The molecule has 0 aromatic heterocycles. The molecule has 1 N–H and O–H groups in total. The number of halogens is 3. The first-order valence-electron chi connectivity index (χ1n) is 2.50. The average molecular weight is 204 g/mol. The normalized spacial score (nSPS) is 26.7. The smallest absolute Gasteiger partial charge is 0.321 e. The predicted molar refractivity (Wildman–Crippen MR) is 38.2 cm³/mol. The van der Waals surface area contributed by atoms with Gasteiger partial charge in [-0.1, -0.05) is 34.8 Å². The molecule has 0 aromatic rings. The molecule has 1 heterocycles. The fraction of sp³-hybridized carbons (Fsp3) is 0.750. The van der Waals surface area contributed by atoms with E-state index < -0.39 is 16.0 Å². The van der Waals surface area contributed by atoms with E-state index in [2.05, 4.69) is 10.1 Å². The lowest BCUT2D eigenvalue weighted by Crippen LogP contribution is -2.35. The summed E-state index contributed by atoms with van der Waals surface area (Å²) in [5.41, 5.74) is 0. The van der Waals surface area contributed by atoms with Gasteiger partial charge < -0.3 is 4.74 Å². The van der Waals surface area contributed by atoms with Gasteiger partial charge in [-0.15, -0.1) is 0 Å². The molecule has 0 aromatic carbocycles. The Morgan fingerprint density at radius 2 is 2.20 bits per heavy atom. The molecule has 0 aliphatic carbocycles. The molecule has 0 saturated carbocycles. The van der Waals surface area contributed by atoms with E-state index in [0.29, 0.717) is 0 Å². The fourth-order valence-corrected chi connectivity index (χ4v) is 0.938. The first-order valence-corrected chi connectivity index (χ1v) is 3.63. The SMILES string of the molecule is O=C1CNC(C(Cl)(Cl)Cl)O1. The lowest BCUT2D eigenvalue weighted by molar-refractivity contribution is -0.140. The van der Waals surface area contributed by atoms with Crippen LogP contribution >= 0.6 is 34.8 Å². The van der Waals surface area contributed by atoms with Crippen molar-refractivity contribution in [1.29, 1.82) is 0 Å². The zero-order valence-electron chi connectivity index (χ0n) is 4.73. The van der Waals surface area contributed by atoms with E-state index in [4.69, 9.17) is 34.8 Å². The van der Waals surface area contributed by atoms with Gasteiger partial charge >= 0.3 is 5.97 Å². The second-order valence-electron chi connectivity index (χ2n) is 1.79. The van der Waals surface area contributed by atoms with Gasteiger partial charge in [-0.2, -0.15) is 0 Å². The molecule has 1 fully saturated rings. The van der Waals surface area contributed by atoms with E-state index in [9.17, 15) is 4.79 Å². The standard InChI is InChI=1S/C4H4Cl3NO2/c5-4(6,7)3-8-1-2(9)10-3/h3,8H,1H2. The number of esters is 1. The fourth-order valence-electron chi connectivity index (χ4n) is 0.573. The van der Waals surface area contributed by atoms with Gasteiger partial charge in [-0.25, -0.2) is 0 Å². The van der Waals surface area contributed by atoms with Crippen LogP contribution in [0.1, 0.15) is 0 Å². The van der Waals surface area contributed by atoms with Crippen LogP contribution in [-0.4, -0.2) is 22.5 Å². The molecular weight excluding hydrogens is 200 g/mol. The van der Waals surface area contributed by atoms with E-state index in [0.717, 1.165) is 0 Å². The number of rotatable bonds is 0. The number of hydrogen-bond acceptors (Lipinski definition) is 3. The average Bonchev–Trinajstić information content (AvgIpc) is 2.11. The number of carbonyl (C=O) groups excluding carboxylic acids is 1. The van der Waals surface area contributed by atoms with E-state index >= 15 is 0 Å². The quantitative estimate of drug-likeness (QED) is 0.469. The summed E-state index contributed by atoms with van der Waals surface area (Å²) in [5, 5.41) is 2.58. The summed E-state index contributed by atoms with van der Waals surface area (Å²) in [7, 11) is 0. The van der Waals surface area contributed by atoms with Gasteiger partial charge in [0.2, 0.25) is 10.0 Å². The van der Waals surface area contributed by atoms with Crippen LogP contribution in [0.2, 0.25) is 0 Å². The highest BCUT2D eigenvalue weighted by atomic mass is 35.6. The van der Waals surface area contributed by atoms with E-state index in [1.54, 1.807) is 0 Å². The maximum absolute atomic E-state index is 10.4. The highest BCUT2D eigenvalue weighted by Crippen LogP contribution is 2.32. The van der Waals surface area contributed by atoms with Crippen molar-refractivity contribution in [3.05, 3.63) is 0 Å². The maximum Gasteiger partial charge on any atom is 0.321 e. The van der Waals surface area contributed by atoms with E-state index in [1.165, 1.54) is 0 Å². The molecule has 3 nitrogen and oxygen atoms in total. The predicted octanol–water partition coefficient (Wildman–Crippen LogP) is 0.829. The minimum Gasteiger partial charge on any atom is -0.441 e. The van der Waals surface area contributed by atoms with Gasteiger partial charge in [0.05, 0.1) is 6.54 Å². The van der Waals surface area contributed by atoms with Crippen LogP contribution in [0.5, 0.6) is 0 Å². The highest BCUT2D eigenvalue weighted by Gasteiger charge is 2.39. The summed E-state index contributed by atoms with van der Waals surface area (Å²) in [6, 6.07) is 0. The van der Waals surface area contributed by atoms with Crippen LogP contribution in [0.3, 0.4) is 0 Å². The summed E-state index contributed by atoms with van der Waals surface area (Å²) in [6.45, 7) is 0.0958. The van der Waals surface area contributed by atoms with Crippen molar-refractivity contribution in [2.45, 2.75) is 10.0 Å². The number of carbonyl (C=O) groups is 1. The minimum atomic E-state index is -1.58. The number of cyclic esters (lactones) is 1. The van der Waals surface area contributed by atoms with Gasteiger partial charge in [-0.05, 0) is 0 Å². The van der Waals surface area contributed by atoms with Crippen molar-refractivity contribution in [3.63, 3.8) is 0 Å². The molecule has 1 rings (SSSR count). The summed E-state index contributed by atoms with van der Waals surface area (Å²) in [6.07, 6.45) is -0.815. The van der Waals surface area contributed by atoms with Crippen molar-refractivity contribution in [2.75, 3.05) is 6.54 Å². The van der Waals surface area contributed by atoms with Crippen molar-refractivity contribution in [1.82, 2.24) is 5.32 Å². The first kappa shape index (κ1) is 8.40. The van der Waals surface area contributed by atoms with Crippen LogP contribution in [0.15, 0.2) is 0 Å². The van der Waals surface area contributed by atoms with Crippen molar-refractivity contribution in [2.24, 2.45) is 0 Å². The molecule has 0 spiro atoms. The second kappa shape index (κ2) is 2.74. The number of nitrogens with one attached hydrogen (secondary N) is 1. The van der Waals surface area contributed by atoms with Crippen molar-refractivity contribution in [3.8, 4) is 0 Å². The highest BCUT2D eigenvalue weighted by molar-refractivity contribution is 6.68. The van der Waals surface area contributed by atoms with Crippen LogP contribution in [-0.2, 0) is 9.53 Å². The number of ether oxygens (including phenoxy) is 1. The lowest BCUT2D eigenvalue weighted by atomic mass is 10.6. The Morgan fingerprint density at radius 3 is 2.40 bits per heavy atom. The lowest BCUT2D eigenvalue weighted by Gasteiger charge is -2.17. The molecule has 0 radical (unpaired) electrons. The Balaban J connectivity index is 2.53. The van der Waals surface area contributed by atoms with Crippen LogP contribution in [0, 0.1) is 0 Å². The molecular formula is C4H4Cl3NO2. The maximum atomic E-state index is 10.4. The molecule has 1 atom stereocenters. The monoisotopic (exact) mass is 203 g/mol. The van der Waals surface area contributed by atoms with E-state index in [1.807, 2.05) is 0 Å². The summed E-state index contributed by atoms with van der Waals surface area (Å²) < 4.78 is 3.00. The first-order chi connectivity index (χ1) is 4.50. The van der Waals surface area contributed by atoms with Crippen LogP contribution < -0.4 is 5.32 Å². The molecule has 1 unspecified atom stereocenters. The van der Waals surface area contributed by atoms with Crippen molar-refractivity contribution < 1.29 is 9.53 Å². The third kappa shape index (κ3) is 1.89. The van der Waals surface area contributed by atoms with Gasteiger partial charge in [0.1, 0.15) is 0 Å². The largest absolute Gasteiger partial charge is 0.441 e. The van der Waals surface area contributed by atoms with Gasteiger partial charge in [0, 0.05) is 0 Å². The zero-order chi connectivity index (χ0) is 7.78. The molecule has 0 bridgehead atoms. The van der Waals surface area contributed by atoms with Gasteiger partial charge in [-0.3, -0.25) is 10.1 Å².